The zero-order valence-corrected chi connectivity index (χ0v) is 17.5. The van der Waals surface area contributed by atoms with Gasteiger partial charge >= 0.3 is 0 Å². The fourth-order valence-electron chi connectivity index (χ4n) is 5.38. The number of hydrogen-bond acceptors (Lipinski definition) is 5. The maximum atomic E-state index is 13.6. The van der Waals surface area contributed by atoms with Crippen molar-refractivity contribution < 1.29 is 23.5 Å². The molecule has 0 unspecified atom stereocenters. The van der Waals surface area contributed by atoms with E-state index in [-0.39, 0.29) is 23.4 Å². The molecular formula is C23H20ClFN2O4. The molecule has 6 nitrogen and oxygen atoms in total. The number of Topliss-reactive ketones (excluding diaryl/α,β-unsaturated/α-hetero) is 1. The number of benzene rings is 2. The molecule has 31 heavy (non-hydrogen) atoms. The van der Waals surface area contributed by atoms with E-state index in [0.717, 1.165) is 17.7 Å². The Bertz CT molecular complexity index is 1090. The SMILES string of the molecule is COc1ccc(Cl)cc1N1C(=O)[C@@H]2[C@H](C1=O)[C@H](C(=O)c1ccc(F)cc1)N1CCC[C@H]21. The van der Waals surface area contributed by atoms with Gasteiger partial charge in [-0.15, -0.1) is 0 Å². The third-order valence-electron chi connectivity index (χ3n) is 6.63. The largest absolute Gasteiger partial charge is 0.495 e. The number of fused-ring (bicyclic) bond motifs is 3. The molecule has 3 heterocycles. The monoisotopic (exact) mass is 442 g/mol. The molecule has 8 heteroatoms. The van der Waals surface area contributed by atoms with Crippen molar-refractivity contribution in [2.24, 2.45) is 11.8 Å². The van der Waals surface area contributed by atoms with Crippen molar-refractivity contribution in [2.45, 2.75) is 24.9 Å². The first kappa shape index (κ1) is 20.2. The number of ether oxygens (including phenoxy) is 1. The smallest absolute Gasteiger partial charge is 0.239 e. The van der Waals surface area contributed by atoms with E-state index in [1.165, 1.54) is 37.4 Å². The zero-order chi connectivity index (χ0) is 21.9. The third-order valence-corrected chi connectivity index (χ3v) is 6.87. The molecule has 5 rings (SSSR count). The number of halogens is 2. The van der Waals surface area contributed by atoms with Crippen LogP contribution in [0.4, 0.5) is 10.1 Å². The van der Waals surface area contributed by atoms with Gasteiger partial charge in [-0.05, 0) is 61.9 Å². The van der Waals surface area contributed by atoms with E-state index in [9.17, 15) is 18.8 Å². The Kier molecular flexibility index (Phi) is 4.83. The summed E-state index contributed by atoms with van der Waals surface area (Å²) in [7, 11) is 1.46. The Labute approximate surface area is 183 Å². The summed E-state index contributed by atoms with van der Waals surface area (Å²) in [5.74, 6) is -2.50. The van der Waals surface area contributed by atoms with E-state index in [0.29, 0.717) is 22.9 Å². The van der Waals surface area contributed by atoms with Crippen LogP contribution in [0.2, 0.25) is 5.02 Å². The van der Waals surface area contributed by atoms with Crippen molar-refractivity contribution in [3.63, 3.8) is 0 Å². The standard InChI is InChI=1S/C23H20ClFN2O4/c1-31-17-9-6-13(24)11-16(17)27-22(29)18-15-3-2-10-26(15)20(19(18)23(27)30)21(28)12-4-7-14(25)8-5-12/h4-9,11,15,18-20H,2-3,10H2,1H3/t15-,18+,19+,20-/m1/s1. The summed E-state index contributed by atoms with van der Waals surface area (Å²) in [5.41, 5.74) is 0.619. The number of amides is 2. The number of nitrogens with zero attached hydrogens (tertiary/aromatic N) is 2. The van der Waals surface area contributed by atoms with Crippen LogP contribution < -0.4 is 9.64 Å². The van der Waals surface area contributed by atoms with Gasteiger partial charge in [0, 0.05) is 16.6 Å². The average molecular weight is 443 g/mol. The predicted molar refractivity (Wildman–Crippen MR) is 112 cm³/mol. The molecular weight excluding hydrogens is 423 g/mol. The van der Waals surface area contributed by atoms with Gasteiger partial charge in [-0.3, -0.25) is 19.3 Å². The lowest BCUT2D eigenvalue weighted by molar-refractivity contribution is -0.123. The van der Waals surface area contributed by atoms with Gasteiger partial charge in [0.05, 0.1) is 30.7 Å². The lowest BCUT2D eigenvalue weighted by atomic mass is 9.85. The minimum atomic E-state index is -0.793. The van der Waals surface area contributed by atoms with Crippen molar-refractivity contribution in [1.29, 1.82) is 0 Å². The quantitative estimate of drug-likeness (QED) is 0.536. The summed E-state index contributed by atoms with van der Waals surface area (Å²) >= 11 is 6.13. The highest BCUT2D eigenvalue weighted by Gasteiger charge is 2.65. The Morgan fingerprint density at radius 1 is 1.10 bits per heavy atom. The molecule has 0 bridgehead atoms. The lowest BCUT2D eigenvalue weighted by Crippen LogP contribution is -2.46. The minimum absolute atomic E-state index is 0.175. The van der Waals surface area contributed by atoms with Gasteiger partial charge in [0.1, 0.15) is 11.6 Å². The van der Waals surface area contributed by atoms with Crippen LogP contribution in [0.1, 0.15) is 23.2 Å². The second-order valence-electron chi connectivity index (χ2n) is 8.14. The van der Waals surface area contributed by atoms with Crippen LogP contribution in [0.5, 0.6) is 5.75 Å². The molecule has 0 N–H and O–H groups in total. The molecule has 4 atom stereocenters. The second kappa shape index (κ2) is 7.43. The molecule has 0 radical (unpaired) electrons. The van der Waals surface area contributed by atoms with Gasteiger partial charge in [-0.1, -0.05) is 11.6 Å². The van der Waals surface area contributed by atoms with Crippen LogP contribution in [0.3, 0.4) is 0 Å². The minimum Gasteiger partial charge on any atom is -0.495 e. The summed E-state index contributed by atoms with van der Waals surface area (Å²) in [6, 6.07) is 9.13. The molecule has 160 valence electrons. The van der Waals surface area contributed by atoms with Crippen molar-refractivity contribution in [2.75, 3.05) is 18.6 Å². The third kappa shape index (κ3) is 2.98. The lowest BCUT2D eigenvalue weighted by Gasteiger charge is -2.28. The second-order valence-corrected chi connectivity index (χ2v) is 8.58. The highest BCUT2D eigenvalue weighted by molar-refractivity contribution is 6.32. The maximum absolute atomic E-state index is 13.6. The predicted octanol–water partition coefficient (Wildman–Crippen LogP) is 3.32. The summed E-state index contributed by atoms with van der Waals surface area (Å²) in [5, 5.41) is 0.370. The highest BCUT2D eigenvalue weighted by atomic mass is 35.5. The summed E-state index contributed by atoms with van der Waals surface area (Å²) in [4.78, 5) is 43.6. The first-order valence-corrected chi connectivity index (χ1v) is 10.6. The van der Waals surface area contributed by atoms with Gasteiger partial charge < -0.3 is 4.74 Å². The molecule has 0 aromatic heterocycles. The van der Waals surface area contributed by atoms with Crippen molar-refractivity contribution in [1.82, 2.24) is 4.90 Å². The normalized spacial score (nSPS) is 27.5. The van der Waals surface area contributed by atoms with E-state index in [1.54, 1.807) is 12.1 Å². The van der Waals surface area contributed by atoms with Gasteiger partial charge in [-0.25, -0.2) is 9.29 Å². The zero-order valence-electron chi connectivity index (χ0n) is 16.8. The van der Waals surface area contributed by atoms with E-state index >= 15 is 0 Å². The van der Waals surface area contributed by atoms with E-state index in [4.69, 9.17) is 16.3 Å². The summed E-state index contributed by atoms with van der Waals surface area (Å²) in [6.45, 7) is 0.649. The molecule has 0 spiro atoms. The van der Waals surface area contributed by atoms with Crippen LogP contribution in [-0.2, 0) is 9.59 Å². The van der Waals surface area contributed by atoms with Crippen LogP contribution in [0.25, 0.3) is 0 Å². The molecule has 3 aliphatic heterocycles. The molecule has 2 amide bonds. The van der Waals surface area contributed by atoms with Crippen LogP contribution in [-0.4, -0.2) is 48.2 Å². The van der Waals surface area contributed by atoms with E-state index in [1.807, 2.05) is 4.90 Å². The number of hydrogen-bond donors (Lipinski definition) is 0. The fourth-order valence-corrected chi connectivity index (χ4v) is 5.54. The number of carbonyl (C=O) groups is 3. The van der Waals surface area contributed by atoms with Crippen LogP contribution >= 0.6 is 11.6 Å². The molecule has 3 saturated heterocycles. The van der Waals surface area contributed by atoms with Crippen molar-refractivity contribution >= 4 is 34.9 Å². The molecule has 0 saturated carbocycles. The number of carbonyl (C=O) groups excluding carboxylic acids is 3. The first-order chi connectivity index (χ1) is 14.9. The van der Waals surface area contributed by atoms with Gasteiger partial charge in [0.2, 0.25) is 11.8 Å². The fraction of sp³-hybridized carbons (Fsp3) is 0.348. The van der Waals surface area contributed by atoms with Crippen molar-refractivity contribution in [3.8, 4) is 5.75 Å². The average Bonchev–Trinajstić information content (AvgIpc) is 3.40. The van der Waals surface area contributed by atoms with Crippen LogP contribution in [0.15, 0.2) is 42.5 Å². The molecule has 2 aromatic carbocycles. The number of ketones is 1. The van der Waals surface area contributed by atoms with Crippen LogP contribution in [0, 0.1) is 17.7 Å². The highest BCUT2D eigenvalue weighted by Crippen LogP contribution is 2.49. The van der Waals surface area contributed by atoms with Gasteiger partial charge in [-0.2, -0.15) is 0 Å². The number of rotatable bonds is 4. The maximum Gasteiger partial charge on any atom is 0.239 e. The summed E-state index contributed by atoms with van der Waals surface area (Å²) in [6.07, 6.45) is 1.59. The van der Waals surface area contributed by atoms with E-state index in [2.05, 4.69) is 0 Å². The topological polar surface area (TPSA) is 66.9 Å². The Balaban J connectivity index is 1.57. The van der Waals surface area contributed by atoms with Gasteiger partial charge in [0.15, 0.2) is 5.78 Å². The first-order valence-electron chi connectivity index (χ1n) is 10.2. The van der Waals surface area contributed by atoms with E-state index < -0.39 is 29.6 Å². The Morgan fingerprint density at radius 2 is 1.81 bits per heavy atom. The molecule has 3 aliphatic rings. The van der Waals surface area contributed by atoms with Gasteiger partial charge in [0.25, 0.3) is 0 Å². The molecule has 2 aromatic rings. The number of methoxy groups -OCH3 is 1. The number of imide groups is 1. The van der Waals surface area contributed by atoms with Crippen molar-refractivity contribution in [3.05, 3.63) is 58.9 Å². The Morgan fingerprint density at radius 3 is 2.52 bits per heavy atom. The molecule has 0 aliphatic carbocycles. The summed E-state index contributed by atoms with van der Waals surface area (Å²) < 4.78 is 18.7. The molecule has 3 fully saturated rings. The number of anilines is 1. The Hall–Kier alpha value is -2.77.